The molecule has 1 N–H and O–H groups in total. The van der Waals surface area contributed by atoms with E-state index >= 15 is 0 Å². The zero-order valence-corrected chi connectivity index (χ0v) is 12.4. The van der Waals surface area contributed by atoms with Gasteiger partial charge < -0.3 is 10.1 Å². The van der Waals surface area contributed by atoms with Gasteiger partial charge in [-0.3, -0.25) is 4.79 Å². The van der Waals surface area contributed by atoms with Crippen LogP contribution in [0.4, 0.5) is 10.1 Å². The second-order valence-electron chi connectivity index (χ2n) is 4.07. The van der Waals surface area contributed by atoms with Crippen LogP contribution in [0, 0.1) is 17.1 Å². The Morgan fingerprint density at radius 1 is 1.33 bits per heavy atom. The lowest BCUT2D eigenvalue weighted by molar-refractivity contribution is -0.118. The van der Waals surface area contributed by atoms with Crippen LogP contribution in [0.2, 0.25) is 0 Å². The number of nitrogens with one attached hydrogen (secondary N) is 1. The van der Waals surface area contributed by atoms with Gasteiger partial charge in [0.05, 0.1) is 10.0 Å². The fraction of sp³-hybridized carbons (Fsp3) is 0.0667. The number of carbonyl (C=O) groups is 1. The molecule has 0 aliphatic heterocycles. The monoisotopic (exact) mass is 348 g/mol. The summed E-state index contributed by atoms with van der Waals surface area (Å²) in [5, 5.41) is 11.4. The van der Waals surface area contributed by atoms with E-state index in [0.717, 1.165) is 0 Å². The van der Waals surface area contributed by atoms with Crippen LogP contribution in [0.3, 0.4) is 0 Å². The Bertz CT molecular complexity index is 713. The first-order chi connectivity index (χ1) is 10.1. The second kappa shape index (κ2) is 6.86. The van der Waals surface area contributed by atoms with E-state index in [1.807, 2.05) is 6.07 Å². The minimum atomic E-state index is -0.469. The summed E-state index contributed by atoms with van der Waals surface area (Å²) in [6, 6.07) is 12.8. The molecule has 0 bridgehead atoms. The maximum Gasteiger partial charge on any atom is 0.262 e. The molecule has 0 saturated carbocycles. The summed E-state index contributed by atoms with van der Waals surface area (Å²) in [5.74, 6) is -0.579. The molecule has 0 heterocycles. The Kier molecular flexibility index (Phi) is 4.90. The van der Waals surface area contributed by atoms with Gasteiger partial charge in [-0.1, -0.05) is 12.1 Å². The maximum atomic E-state index is 13.3. The first kappa shape index (κ1) is 15.0. The van der Waals surface area contributed by atoms with Crippen LogP contribution in [0.5, 0.6) is 5.75 Å². The van der Waals surface area contributed by atoms with Crippen molar-refractivity contribution in [1.82, 2.24) is 0 Å². The molecular formula is C15H10BrFN2O2. The van der Waals surface area contributed by atoms with E-state index < -0.39 is 11.7 Å². The van der Waals surface area contributed by atoms with Crippen molar-refractivity contribution in [2.75, 3.05) is 11.9 Å². The van der Waals surface area contributed by atoms with Crippen molar-refractivity contribution in [3.8, 4) is 11.8 Å². The molecule has 106 valence electrons. The Labute approximate surface area is 129 Å². The number of nitriles is 1. The summed E-state index contributed by atoms with van der Waals surface area (Å²) in [6.45, 7) is -0.267. The first-order valence-corrected chi connectivity index (χ1v) is 6.76. The number of rotatable bonds is 4. The molecule has 1 amide bonds. The van der Waals surface area contributed by atoms with Gasteiger partial charge in [-0.2, -0.15) is 5.26 Å². The van der Waals surface area contributed by atoms with Crippen LogP contribution in [-0.2, 0) is 4.79 Å². The van der Waals surface area contributed by atoms with Crippen molar-refractivity contribution in [2.24, 2.45) is 0 Å². The van der Waals surface area contributed by atoms with Gasteiger partial charge in [-0.05, 0) is 46.3 Å². The molecular weight excluding hydrogens is 339 g/mol. The Morgan fingerprint density at radius 2 is 2.10 bits per heavy atom. The smallest absolute Gasteiger partial charge is 0.262 e. The van der Waals surface area contributed by atoms with Gasteiger partial charge in [0.25, 0.3) is 5.91 Å². The van der Waals surface area contributed by atoms with E-state index in [2.05, 4.69) is 21.2 Å². The van der Waals surface area contributed by atoms with Crippen LogP contribution in [0.25, 0.3) is 0 Å². The Balaban J connectivity index is 1.96. The van der Waals surface area contributed by atoms with E-state index in [9.17, 15) is 9.18 Å². The van der Waals surface area contributed by atoms with Crippen molar-refractivity contribution in [3.63, 3.8) is 0 Å². The Hall–Kier alpha value is -2.39. The SMILES string of the molecule is N#Cc1ccccc1OCC(=O)Nc1ccc(Br)c(F)c1. The average molecular weight is 349 g/mol. The highest BCUT2D eigenvalue weighted by atomic mass is 79.9. The van der Waals surface area contributed by atoms with Crippen LogP contribution in [0.15, 0.2) is 46.9 Å². The highest BCUT2D eigenvalue weighted by molar-refractivity contribution is 9.10. The average Bonchev–Trinajstić information content (AvgIpc) is 2.49. The molecule has 0 unspecified atom stereocenters. The summed E-state index contributed by atoms with van der Waals surface area (Å²) < 4.78 is 18.9. The number of halogens is 2. The fourth-order valence-corrected chi connectivity index (χ4v) is 1.85. The second-order valence-corrected chi connectivity index (χ2v) is 4.93. The lowest BCUT2D eigenvalue weighted by Gasteiger charge is -2.08. The number of amides is 1. The number of hydrogen-bond donors (Lipinski definition) is 1. The molecule has 2 aromatic rings. The summed E-state index contributed by atoms with van der Waals surface area (Å²) in [6.07, 6.45) is 0. The van der Waals surface area contributed by atoms with Crippen LogP contribution in [-0.4, -0.2) is 12.5 Å². The predicted octanol–water partition coefficient (Wildman–Crippen LogP) is 3.48. The molecule has 0 atom stereocenters. The molecule has 0 radical (unpaired) electrons. The van der Waals surface area contributed by atoms with Crippen molar-refractivity contribution >= 4 is 27.5 Å². The fourth-order valence-electron chi connectivity index (χ4n) is 1.60. The normalized spacial score (nSPS) is 9.76. The van der Waals surface area contributed by atoms with E-state index in [1.54, 1.807) is 30.3 Å². The van der Waals surface area contributed by atoms with Crippen molar-refractivity contribution in [2.45, 2.75) is 0 Å². The molecule has 6 heteroatoms. The standard InChI is InChI=1S/C15H10BrFN2O2/c16-12-6-5-11(7-13(12)17)19-15(20)9-21-14-4-2-1-3-10(14)8-18/h1-7H,9H2,(H,19,20). The number of para-hydroxylation sites is 1. The molecule has 0 aliphatic rings. The lowest BCUT2D eigenvalue weighted by atomic mass is 10.2. The number of carbonyl (C=O) groups excluding carboxylic acids is 1. The van der Waals surface area contributed by atoms with E-state index in [-0.39, 0.29) is 6.61 Å². The zero-order valence-electron chi connectivity index (χ0n) is 10.8. The molecule has 0 saturated heterocycles. The number of benzene rings is 2. The van der Waals surface area contributed by atoms with E-state index in [1.165, 1.54) is 12.1 Å². The zero-order chi connectivity index (χ0) is 15.2. The van der Waals surface area contributed by atoms with Gasteiger partial charge >= 0.3 is 0 Å². The van der Waals surface area contributed by atoms with Crippen molar-refractivity contribution < 1.29 is 13.9 Å². The molecule has 4 nitrogen and oxygen atoms in total. The molecule has 2 rings (SSSR count). The van der Waals surface area contributed by atoms with Gasteiger partial charge in [-0.15, -0.1) is 0 Å². The number of ether oxygens (including phenoxy) is 1. The van der Waals surface area contributed by atoms with Crippen molar-refractivity contribution in [3.05, 3.63) is 58.3 Å². The van der Waals surface area contributed by atoms with Gasteiger partial charge in [-0.25, -0.2) is 4.39 Å². The molecule has 0 fully saturated rings. The predicted molar refractivity (Wildman–Crippen MR) is 79.4 cm³/mol. The molecule has 0 aromatic heterocycles. The summed E-state index contributed by atoms with van der Waals surface area (Å²) >= 11 is 3.03. The summed E-state index contributed by atoms with van der Waals surface area (Å²) in [4.78, 5) is 11.7. The minimum Gasteiger partial charge on any atom is -0.482 e. The third kappa shape index (κ3) is 4.04. The van der Waals surface area contributed by atoms with Crippen LogP contribution >= 0.6 is 15.9 Å². The molecule has 0 spiro atoms. The van der Waals surface area contributed by atoms with Gasteiger partial charge in [0.1, 0.15) is 17.6 Å². The lowest BCUT2D eigenvalue weighted by Crippen LogP contribution is -2.20. The quantitative estimate of drug-likeness (QED) is 0.919. The first-order valence-electron chi connectivity index (χ1n) is 5.97. The Morgan fingerprint density at radius 3 is 2.81 bits per heavy atom. The highest BCUT2D eigenvalue weighted by Crippen LogP contribution is 2.19. The van der Waals surface area contributed by atoms with E-state index in [0.29, 0.717) is 21.5 Å². The topological polar surface area (TPSA) is 62.1 Å². The summed E-state index contributed by atoms with van der Waals surface area (Å²) in [7, 11) is 0. The largest absolute Gasteiger partial charge is 0.482 e. The molecule has 21 heavy (non-hydrogen) atoms. The summed E-state index contributed by atoms with van der Waals surface area (Å²) in [5.41, 5.74) is 0.679. The van der Waals surface area contributed by atoms with Gasteiger partial charge in [0.2, 0.25) is 0 Å². The molecule has 2 aromatic carbocycles. The molecule has 0 aliphatic carbocycles. The maximum absolute atomic E-state index is 13.3. The third-order valence-electron chi connectivity index (χ3n) is 2.57. The van der Waals surface area contributed by atoms with Crippen LogP contribution < -0.4 is 10.1 Å². The third-order valence-corrected chi connectivity index (χ3v) is 3.21. The highest BCUT2D eigenvalue weighted by Gasteiger charge is 2.08. The van der Waals surface area contributed by atoms with E-state index in [4.69, 9.17) is 10.00 Å². The van der Waals surface area contributed by atoms with Gasteiger partial charge in [0, 0.05) is 5.69 Å². The minimum absolute atomic E-state index is 0.267. The number of nitrogens with zero attached hydrogens (tertiary/aromatic N) is 1. The van der Waals surface area contributed by atoms with Crippen LogP contribution in [0.1, 0.15) is 5.56 Å². The van der Waals surface area contributed by atoms with Crippen molar-refractivity contribution in [1.29, 1.82) is 5.26 Å². The van der Waals surface area contributed by atoms with Gasteiger partial charge in [0.15, 0.2) is 6.61 Å². The number of anilines is 1. The number of hydrogen-bond acceptors (Lipinski definition) is 3.